The molecule has 0 amide bonds. The summed E-state index contributed by atoms with van der Waals surface area (Å²) >= 11 is 3.50. The van der Waals surface area contributed by atoms with Crippen molar-refractivity contribution in [2.75, 3.05) is 6.54 Å². The van der Waals surface area contributed by atoms with E-state index in [2.05, 4.69) is 82.8 Å². The molecular formula is C17H18BrN. The standard InChI is InChI=1S/C17H18BrN/c1-14(16-10-5-11-17(18)13-16)19-12-6-9-15-7-3-2-4-8-15/h2-11,13-14,19H,12H2,1H3/b9-6+/t14-/m0/s1. The summed E-state index contributed by atoms with van der Waals surface area (Å²) in [4.78, 5) is 0. The second-order valence-electron chi connectivity index (χ2n) is 4.50. The van der Waals surface area contributed by atoms with Gasteiger partial charge in [0.25, 0.3) is 0 Å². The normalized spacial score (nSPS) is 12.7. The number of rotatable bonds is 5. The molecule has 0 aromatic heterocycles. The Kier molecular flexibility index (Phi) is 5.37. The van der Waals surface area contributed by atoms with E-state index in [-0.39, 0.29) is 0 Å². The lowest BCUT2D eigenvalue weighted by Gasteiger charge is -2.13. The molecule has 0 radical (unpaired) electrons. The summed E-state index contributed by atoms with van der Waals surface area (Å²) < 4.78 is 1.12. The molecule has 0 heterocycles. The van der Waals surface area contributed by atoms with Crippen molar-refractivity contribution >= 4 is 22.0 Å². The number of nitrogens with one attached hydrogen (secondary N) is 1. The first-order valence-electron chi connectivity index (χ1n) is 6.46. The third-order valence-corrected chi connectivity index (χ3v) is 3.49. The molecule has 2 rings (SSSR count). The van der Waals surface area contributed by atoms with Gasteiger partial charge in [0.1, 0.15) is 0 Å². The zero-order valence-electron chi connectivity index (χ0n) is 11.0. The van der Waals surface area contributed by atoms with E-state index in [0.717, 1.165) is 11.0 Å². The summed E-state index contributed by atoms with van der Waals surface area (Å²) in [6, 6.07) is 19.1. The van der Waals surface area contributed by atoms with E-state index < -0.39 is 0 Å². The van der Waals surface area contributed by atoms with Crippen LogP contribution in [0.1, 0.15) is 24.1 Å². The highest BCUT2D eigenvalue weighted by atomic mass is 79.9. The molecule has 0 saturated carbocycles. The van der Waals surface area contributed by atoms with Crippen LogP contribution in [0.15, 0.2) is 65.1 Å². The summed E-state index contributed by atoms with van der Waals surface area (Å²) in [5.41, 5.74) is 2.53. The molecule has 2 heteroatoms. The van der Waals surface area contributed by atoms with Gasteiger partial charge in [-0.1, -0.05) is 70.5 Å². The zero-order valence-corrected chi connectivity index (χ0v) is 12.6. The van der Waals surface area contributed by atoms with Crippen LogP contribution in [0.2, 0.25) is 0 Å². The molecular weight excluding hydrogens is 298 g/mol. The molecule has 0 bridgehead atoms. The summed E-state index contributed by atoms with van der Waals surface area (Å²) in [6.07, 6.45) is 4.30. The summed E-state index contributed by atoms with van der Waals surface area (Å²) in [7, 11) is 0. The van der Waals surface area contributed by atoms with E-state index in [1.165, 1.54) is 11.1 Å². The van der Waals surface area contributed by atoms with E-state index in [1.54, 1.807) is 0 Å². The Bertz CT molecular complexity index is 534. The number of hydrogen-bond donors (Lipinski definition) is 1. The predicted octanol–water partition coefficient (Wildman–Crippen LogP) is 4.81. The fourth-order valence-corrected chi connectivity index (χ4v) is 2.31. The number of benzene rings is 2. The van der Waals surface area contributed by atoms with Crippen LogP contribution >= 0.6 is 15.9 Å². The minimum atomic E-state index is 0.345. The highest BCUT2D eigenvalue weighted by Crippen LogP contribution is 2.17. The van der Waals surface area contributed by atoms with E-state index in [1.807, 2.05) is 12.1 Å². The maximum absolute atomic E-state index is 3.50. The molecule has 1 nitrogen and oxygen atoms in total. The maximum atomic E-state index is 3.50. The Morgan fingerprint density at radius 2 is 1.89 bits per heavy atom. The highest BCUT2D eigenvalue weighted by Gasteiger charge is 2.03. The summed E-state index contributed by atoms with van der Waals surface area (Å²) in [6.45, 7) is 3.04. The quantitative estimate of drug-likeness (QED) is 0.834. The van der Waals surface area contributed by atoms with E-state index in [0.29, 0.717) is 6.04 Å². The van der Waals surface area contributed by atoms with Gasteiger partial charge in [0.2, 0.25) is 0 Å². The van der Waals surface area contributed by atoms with Crippen molar-refractivity contribution in [3.63, 3.8) is 0 Å². The lowest BCUT2D eigenvalue weighted by atomic mass is 10.1. The van der Waals surface area contributed by atoms with Crippen LogP contribution in [0, 0.1) is 0 Å². The first kappa shape index (κ1) is 14.0. The minimum absolute atomic E-state index is 0.345. The Morgan fingerprint density at radius 3 is 2.63 bits per heavy atom. The van der Waals surface area contributed by atoms with Gasteiger partial charge in [-0.2, -0.15) is 0 Å². The molecule has 0 fully saturated rings. The summed E-state index contributed by atoms with van der Waals surface area (Å²) in [5.74, 6) is 0. The molecule has 1 N–H and O–H groups in total. The van der Waals surface area contributed by atoms with Gasteiger partial charge >= 0.3 is 0 Å². The Hall–Kier alpha value is -1.38. The molecule has 2 aromatic rings. The topological polar surface area (TPSA) is 12.0 Å². The van der Waals surface area contributed by atoms with E-state index in [9.17, 15) is 0 Å². The van der Waals surface area contributed by atoms with Gasteiger partial charge in [0, 0.05) is 17.1 Å². The molecule has 0 saturated heterocycles. The molecule has 19 heavy (non-hydrogen) atoms. The van der Waals surface area contributed by atoms with Crippen molar-refractivity contribution in [2.45, 2.75) is 13.0 Å². The van der Waals surface area contributed by atoms with Gasteiger partial charge in [-0.15, -0.1) is 0 Å². The highest BCUT2D eigenvalue weighted by molar-refractivity contribution is 9.10. The van der Waals surface area contributed by atoms with Crippen molar-refractivity contribution in [3.05, 3.63) is 76.3 Å². The average Bonchev–Trinajstić information content (AvgIpc) is 2.44. The fraction of sp³-hybridized carbons (Fsp3) is 0.176. The monoisotopic (exact) mass is 315 g/mol. The average molecular weight is 316 g/mol. The van der Waals surface area contributed by atoms with Crippen LogP contribution in [-0.2, 0) is 0 Å². The van der Waals surface area contributed by atoms with Crippen LogP contribution in [-0.4, -0.2) is 6.54 Å². The first-order valence-corrected chi connectivity index (χ1v) is 7.25. The van der Waals surface area contributed by atoms with Gasteiger partial charge in [0.05, 0.1) is 0 Å². The third kappa shape index (κ3) is 4.66. The van der Waals surface area contributed by atoms with Crippen LogP contribution in [0.3, 0.4) is 0 Å². The maximum Gasteiger partial charge on any atom is 0.0295 e. The van der Waals surface area contributed by atoms with Crippen molar-refractivity contribution in [1.29, 1.82) is 0 Å². The van der Waals surface area contributed by atoms with Crippen LogP contribution < -0.4 is 5.32 Å². The number of halogens is 1. The van der Waals surface area contributed by atoms with Gasteiger partial charge < -0.3 is 5.32 Å². The van der Waals surface area contributed by atoms with Crippen molar-refractivity contribution in [1.82, 2.24) is 5.32 Å². The van der Waals surface area contributed by atoms with Gasteiger partial charge in [-0.05, 0) is 30.2 Å². The first-order chi connectivity index (χ1) is 9.25. The molecule has 1 atom stereocenters. The molecule has 0 aliphatic heterocycles. The van der Waals surface area contributed by atoms with Gasteiger partial charge in [0.15, 0.2) is 0 Å². The lowest BCUT2D eigenvalue weighted by Crippen LogP contribution is -2.18. The minimum Gasteiger partial charge on any atom is -0.307 e. The van der Waals surface area contributed by atoms with E-state index >= 15 is 0 Å². The SMILES string of the molecule is C[C@H](NC/C=C/c1ccccc1)c1cccc(Br)c1. The molecule has 0 spiro atoms. The smallest absolute Gasteiger partial charge is 0.0295 e. The number of hydrogen-bond acceptors (Lipinski definition) is 1. The van der Waals surface area contributed by atoms with Gasteiger partial charge in [-0.25, -0.2) is 0 Å². The summed E-state index contributed by atoms with van der Waals surface area (Å²) in [5, 5.41) is 3.49. The van der Waals surface area contributed by atoms with Crippen molar-refractivity contribution < 1.29 is 0 Å². The molecule has 0 unspecified atom stereocenters. The second-order valence-corrected chi connectivity index (χ2v) is 5.41. The fourth-order valence-electron chi connectivity index (χ4n) is 1.90. The molecule has 0 aliphatic carbocycles. The Balaban J connectivity index is 1.84. The van der Waals surface area contributed by atoms with Gasteiger partial charge in [-0.3, -0.25) is 0 Å². The molecule has 0 aliphatic rings. The van der Waals surface area contributed by atoms with Crippen molar-refractivity contribution in [3.8, 4) is 0 Å². The third-order valence-electron chi connectivity index (χ3n) is 3.00. The van der Waals surface area contributed by atoms with Crippen LogP contribution in [0.5, 0.6) is 0 Å². The predicted molar refractivity (Wildman–Crippen MR) is 86.0 cm³/mol. The Morgan fingerprint density at radius 1 is 1.11 bits per heavy atom. The zero-order chi connectivity index (χ0) is 13.5. The van der Waals surface area contributed by atoms with Crippen LogP contribution in [0.4, 0.5) is 0 Å². The molecule has 98 valence electrons. The Labute approximate surface area is 123 Å². The van der Waals surface area contributed by atoms with E-state index in [4.69, 9.17) is 0 Å². The molecule has 2 aromatic carbocycles. The van der Waals surface area contributed by atoms with Crippen LogP contribution in [0.25, 0.3) is 6.08 Å². The largest absolute Gasteiger partial charge is 0.307 e. The lowest BCUT2D eigenvalue weighted by molar-refractivity contribution is 0.618. The van der Waals surface area contributed by atoms with Crippen molar-refractivity contribution in [2.24, 2.45) is 0 Å². The second kappa shape index (κ2) is 7.27.